The average molecular weight is 1130 g/mol. The van der Waals surface area contributed by atoms with Crippen LogP contribution in [0.1, 0.15) is 13.8 Å². The van der Waals surface area contributed by atoms with E-state index >= 15 is 0 Å². The first-order valence-electron chi connectivity index (χ1n) is 20.0. The Kier molecular flexibility index (Phi) is 20.5. The number of aliphatic hydroxyl groups excluding tert-OH is 1. The summed E-state index contributed by atoms with van der Waals surface area (Å²) in [6, 6.07) is 42.0. The number of rotatable bonds is 9. The van der Waals surface area contributed by atoms with Crippen molar-refractivity contribution >= 4 is 58.8 Å². The summed E-state index contributed by atoms with van der Waals surface area (Å²) in [5.74, 6) is 2.60. The first-order chi connectivity index (χ1) is 31.7. The normalized spacial score (nSPS) is 10.3. The van der Waals surface area contributed by atoms with E-state index in [0.717, 1.165) is 33.3 Å². The fraction of sp³-hybridized carbons (Fsp3) is 0.0800. The number of aryl methyl sites for hydroxylation is 2. The molecule has 10 nitrogen and oxygen atoms in total. The number of carbonyl (C=O) groups excluding carboxylic acids is 1. The van der Waals surface area contributed by atoms with Gasteiger partial charge in [-0.1, -0.05) is 107 Å². The minimum absolute atomic E-state index is 0. The molecule has 0 saturated heterocycles. The van der Waals surface area contributed by atoms with Crippen molar-refractivity contribution in [2.24, 2.45) is 14.1 Å². The largest absolute Gasteiger partial charge is 0.569 e. The van der Waals surface area contributed by atoms with Crippen LogP contribution in [0.25, 0.3) is 59.8 Å². The van der Waals surface area contributed by atoms with Crippen LogP contribution in [0.5, 0.6) is 5.75 Å². The predicted octanol–water partition coefficient (Wildman–Crippen LogP) is 12.7. The van der Waals surface area contributed by atoms with Gasteiger partial charge in [0.2, 0.25) is 0 Å². The second kappa shape index (κ2) is 26.7. The molecule has 66 heavy (non-hydrogen) atoms. The molecule has 16 heteroatoms. The van der Waals surface area contributed by atoms with Crippen LogP contribution in [0.3, 0.4) is 0 Å². The predicted molar refractivity (Wildman–Crippen MR) is 270 cm³/mol. The molecule has 0 atom stereocenters. The van der Waals surface area contributed by atoms with Gasteiger partial charge in [-0.2, -0.15) is 22.5 Å². The Morgan fingerprint density at radius 3 is 1.76 bits per heavy atom. The van der Waals surface area contributed by atoms with E-state index in [4.69, 9.17) is 14.8 Å². The van der Waals surface area contributed by atoms with Gasteiger partial charge < -0.3 is 28.9 Å². The molecule has 0 fully saturated rings. The summed E-state index contributed by atoms with van der Waals surface area (Å²) >= 11 is 6.72. The number of aliphatic hydroxyl groups is 1. The number of aromatic nitrogens is 6. The maximum absolute atomic E-state index is 10.0. The molecule has 7 aromatic heterocycles. The third kappa shape index (κ3) is 14.6. The molecule has 0 spiro atoms. The second-order valence-electron chi connectivity index (χ2n) is 13.7. The number of allylic oxidation sites excluding steroid dienone is 2. The Morgan fingerprint density at radius 1 is 0.682 bits per heavy atom. The standard InChI is InChI=1S/C14H12N2S.C14H11N2S.C10H8BO2S.C7H6N2S.C5H8O2.Ir/c2*1-16-9-8-15-14(16)12-7-10-17-13(12)11-5-3-2-4-6-11;12-11-13-9-6-7-14-10(9)8-4-2-1-3-5-8;1-3-8-9(4-1)7-2-5-10-6-7;1-4(6)3-5(2)7;/h2-10H,1H3;2-6,8-10H,1H3;1-7,12H;1-6H;3,6H,1-2H3;/q;-1;;;;. The van der Waals surface area contributed by atoms with Crippen molar-refractivity contribution in [1.29, 1.82) is 0 Å². The number of hydrogen-bond donors (Lipinski definition) is 2. The van der Waals surface area contributed by atoms with Crippen LogP contribution in [0, 0.1) is 6.07 Å². The van der Waals surface area contributed by atoms with E-state index in [0.29, 0.717) is 13.4 Å². The number of hydrogen-bond acceptors (Lipinski definition) is 11. The number of ketones is 1. The van der Waals surface area contributed by atoms with Crippen molar-refractivity contribution in [3.63, 3.8) is 0 Å². The fourth-order valence-corrected chi connectivity index (χ4v) is 9.31. The van der Waals surface area contributed by atoms with Crippen LogP contribution in [0.15, 0.2) is 191 Å². The van der Waals surface area contributed by atoms with Gasteiger partial charge in [0.05, 0.1) is 16.3 Å². The van der Waals surface area contributed by atoms with Gasteiger partial charge in [0.25, 0.3) is 0 Å². The summed E-state index contributed by atoms with van der Waals surface area (Å²) in [6.07, 6.45) is 12.5. The Morgan fingerprint density at radius 2 is 1.26 bits per heavy atom. The van der Waals surface area contributed by atoms with Gasteiger partial charge in [-0.25, -0.2) is 21.0 Å². The van der Waals surface area contributed by atoms with Crippen LogP contribution >= 0.6 is 45.3 Å². The molecule has 0 aliphatic heterocycles. The molecule has 0 unspecified atom stereocenters. The quantitative estimate of drug-likeness (QED) is 0.0639. The molecule has 0 saturated carbocycles. The Balaban J connectivity index is 0.000000159. The molecule has 10 rings (SSSR count). The van der Waals surface area contributed by atoms with Gasteiger partial charge in [0.15, 0.2) is 5.78 Å². The van der Waals surface area contributed by atoms with Gasteiger partial charge in [-0.15, -0.1) is 28.2 Å². The molecular formula is C50H45BIrN6O4S4-. The maximum atomic E-state index is 10.0. The molecule has 0 aliphatic rings. The molecule has 336 valence electrons. The summed E-state index contributed by atoms with van der Waals surface area (Å²) in [7, 11) is 4.73. The second-order valence-corrected chi connectivity index (χ2v) is 17.2. The number of benzene rings is 3. The van der Waals surface area contributed by atoms with Gasteiger partial charge in [-0.3, -0.25) is 4.79 Å². The van der Waals surface area contributed by atoms with Crippen LogP contribution in [0.4, 0.5) is 0 Å². The number of imidazole rings is 2. The molecule has 0 bridgehead atoms. The molecule has 2 radical (unpaired) electrons. The van der Waals surface area contributed by atoms with Crippen molar-refractivity contribution in [2.45, 2.75) is 13.8 Å². The Bertz CT molecular complexity index is 2780. The first kappa shape index (κ1) is 50.8. The Hall–Kier alpha value is -6.23. The molecule has 3 aromatic carbocycles. The van der Waals surface area contributed by atoms with E-state index in [1.54, 1.807) is 51.5 Å². The van der Waals surface area contributed by atoms with E-state index in [9.17, 15) is 4.79 Å². The smallest absolute Gasteiger partial charge is 0.536 e. The average Bonchev–Trinajstić information content (AvgIpc) is 4.17. The SMILES string of the molecule is CC(=O)C=C(C)O.Cn1ccnc1-c1[c-]csc1-c1ccccc1.Cn1ccnc1-c1ccsc1-c1ccccc1.O[B]Oc1ccsc1-c1ccccc1.[Ir].c1cnn(-c2ccsc2)c1. The molecular weight excluding hydrogens is 1080 g/mol. The van der Waals surface area contributed by atoms with Gasteiger partial charge in [0.1, 0.15) is 11.6 Å². The summed E-state index contributed by atoms with van der Waals surface area (Å²) in [5.41, 5.74) is 6.98. The van der Waals surface area contributed by atoms with Gasteiger partial charge in [-0.05, 0) is 72.4 Å². The third-order valence-corrected chi connectivity index (χ3v) is 12.5. The third-order valence-electron chi connectivity index (χ3n) is 8.98. The zero-order chi connectivity index (χ0) is 45.8. The van der Waals surface area contributed by atoms with Crippen molar-refractivity contribution in [1.82, 2.24) is 28.9 Å². The van der Waals surface area contributed by atoms with Crippen molar-refractivity contribution < 1.29 is 39.7 Å². The van der Waals surface area contributed by atoms with E-state index in [1.165, 1.54) is 46.4 Å². The minimum atomic E-state index is -0.125. The zero-order valence-electron chi connectivity index (χ0n) is 36.3. The topological polar surface area (TPSA) is 120 Å². The van der Waals surface area contributed by atoms with Crippen LogP contribution in [0.2, 0.25) is 0 Å². The molecule has 0 aliphatic carbocycles. The van der Waals surface area contributed by atoms with Crippen LogP contribution < -0.4 is 4.65 Å². The van der Waals surface area contributed by atoms with Crippen LogP contribution in [-0.2, 0) is 39.0 Å². The van der Waals surface area contributed by atoms with Crippen molar-refractivity contribution in [3.05, 3.63) is 197 Å². The van der Waals surface area contributed by atoms with E-state index in [-0.39, 0.29) is 31.6 Å². The summed E-state index contributed by atoms with van der Waals surface area (Å²) in [5, 5.41) is 31.2. The van der Waals surface area contributed by atoms with Crippen molar-refractivity contribution in [3.8, 4) is 65.5 Å². The molecule has 2 N–H and O–H groups in total. The minimum Gasteiger partial charge on any atom is -0.536 e. The van der Waals surface area contributed by atoms with Gasteiger partial charge >= 0.3 is 7.69 Å². The van der Waals surface area contributed by atoms with Crippen molar-refractivity contribution in [2.75, 3.05) is 0 Å². The molecule has 0 amide bonds. The van der Waals surface area contributed by atoms with Gasteiger partial charge in [0, 0.05) is 92.1 Å². The number of thiophene rings is 4. The van der Waals surface area contributed by atoms with E-state index in [2.05, 4.69) is 91.1 Å². The van der Waals surface area contributed by atoms with Crippen LogP contribution in [-0.4, -0.2) is 52.5 Å². The summed E-state index contributed by atoms with van der Waals surface area (Å²) in [6.45, 7) is 2.85. The fourth-order valence-electron chi connectivity index (χ4n) is 6.12. The monoisotopic (exact) mass is 1130 g/mol. The Labute approximate surface area is 415 Å². The maximum Gasteiger partial charge on any atom is 0.569 e. The summed E-state index contributed by atoms with van der Waals surface area (Å²) in [4.78, 5) is 22.3. The van der Waals surface area contributed by atoms with E-state index in [1.807, 2.05) is 131 Å². The molecule has 10 aromatic rings. The first-order valence-corrected chi connectivity index (χ1v) is 23.6. The number of nitrogens with zero attached hydrogens (tertiary/aromatic N) is 6. The summed E-state index contributed by atoms with van der Waals surface area (Å²) < 4.78 is 10.9. The number of carbonyl (C=O) groups is 1. The molecule has 7 heterocycles. The van der Waals surface area contributed by atoms with E-state index < -0.39 is 0 Å². The zero-order valence-corrected chi connectivity index (χ0v) is 42.0.